The highest BCUT2D eigenvalue weighted by Crippen LogP contribution is 2.25. The maximum absolute atomic E-state index is 12.8. The topological polar surface area (TPSA) is 24.9 Å². The molecular formula is C18H17FN2S. The van der Waals surface area contributed by atoms with Gasteiger partial charge in [0.25, 0.3) is 0 Å². The Bertz CT molecular complexity index is 707. The van der Waals surface area contributed by atoms with E-state index in [1.807, 2.05) is 36.5 Å². The first-order valence-electron chi connectivity index (χ1n) is 7.26. The second kappa shape index (κ2) is 7.29. The number of halogens is 1. The van der Waals surface area contributed by atoms with Crippen LogP contribution in [-0.2, 0) is 13.0 Å². The van der Waals surface area contributed by atoms with E-state index in [4.69, 9.17) is 0 Å². The summed E-state index contributed by atoms with van der Waals surface area (Å²) >= 11 is 1.71. The summed E-state index contributed by atoms with van der Waals surface area (Å²) in [4.78, 5) is 5.65. The zero-order chi connectivity index (χ0) is 15.2. The van der Waals surface area contributed by atoms with Gasteiger partial charge in [-0.1, -0.05) is 42.5 Å². The van der Waals surface area contributed by atoms with E-state index in [2.05, 4.69) is 22.4 Å². The van der Waals surface area contributed by atoms with Crippen LogP contribution < -0.4 is 5.32 Å². The molecule has 2 nitrogen and oxygen atoms in total. The number of aromatic nitrogens is 1. The molecule has 0 atom stereocenters. The van der Waals surface area contributed by atoms with E-state index < -0.39 is 0 Å². The average molecular weight is 312 g/mol. The third-order valence-electron chi connectivity index (χ3n) is 3.39. The van der Waals surface area contributed by atoms with Gasteiger partial charge in [0.05, 0.1) is 4.88 Å². The molecule has 0 spiro atoms. The molecular weight excluding hydrogens is 295 g/mol. The summed E-state index contributed by atoms with van der Waals surface area (Å²) in [5.41, 5.74) is 2.34. The summed E-state index contributed by atoms with van der Waals surface area (Å²) in [5, 5.41) is 4.47. The van der Waals surface area contributed by atoms with Gasteiger partial charge in [0.1, 0.15) is 10.8 Å². The lowest BCUT2D eigenvalue weighted by Gasteiger charge is -2.03. The van der Waals surface area contributed by atoms with Crippen molar-refractivity contribution in [2.45, 2.75) is 13.0 Å². The van der Waals surface area contributed by atoms with E-state index in [0.717, 1.165) is 30.1 Å². The van der Waals surface area contributed by atoms with Crippen LogP contribution >= 0.6 is 11.3 Å². The number of thiazole rings is 1. The molecule has 2 aromatic carbocycles. The fourth-order valence-corrected chi connectivity index (χ4v) is 3.10. The Balaban J connectivity index is 1.48. The minimum atomic E-state index is -0.187. The highest BCUT2D eigenvalue weighted by Gasteiger charge is 2.03. The molecule has 4 heteroatoms. The van der Waals surface area contributed by atoms with E-state index in [1.54, 1.807) is 11.3 Å². The molecule has 0 aliphatic rings. The Kier molecular flexibility index (Phi) is 4.93. The van der Waals surface area contributed by atoms with E-state index >= 15 is 0 Å². The van der Waals surface area contributed by atoms with Gasteiger partial charge >= 0.3 is 0 Å². The molecule has 0 unspecified atom stereocenters. The minimum absolute atomic E-state index is 0.187. The van der Waals surface area contributed by atoms with Crippen LogP contribution in [0.3, 0.4) is 0 Å². The first-order chi connectivity index (χ1) is 10.8. The molecule has 3 rings (SSSR count). The lowest BCUT2D eigenvalue weighted by Crippen LogP contribution is -2.16. The maximum Gasteiger partial charge on any atom is 0.123 e. The Labute approximate surface area is 133 Å². The number of nitrogens with zero attached hydrogens (tertiary/aromatic N) is 1. The van der Waals surface area contributed by atoms with Crippen LogP contribution in [0.5, 0.6) is 0 Å². The van der Waals surface area contributed by atoms with Gasteiger partial charge in [-0.3, -0.25) is 0 Å². The van der Waals surface area contributed by atoms with Crippen molar-refractivity contribution in [2.75, 3.05) is 6.54 Å². The summed E-state index contributed by atoms with van der Waals surface area (Å²) in [6, 6.07) is 16.9. The highest BCUT2D eigenvalue weighted by molar-refractivity contribution is 7.15. The summed E-state index contributed by atoms with van der Waals surface area (Å²) in [5.74, 6) is -0.187. The van der Waals surface area contributed by atoms with Crippen molar-refractivity contribution < 1.29 is 4.39 Å². The molecule has 1 N–H and O–H groups in total. The van der Waals surface area contributed by atoms with Crippen molar-refractivity contribution >= 4 is 11.3 Å². The van der Waals surface area contributed by atoms with Crippen LogP contribution in [0.15, 0.2) is 60.8 Å². The van der Waals surface area contributed by atoms with Crippen molar-refractivity contribution in [3.63, 3.8) is 0 Å². The van der Waals surface area contributed by atoms with Gasteiger partial charge in [-0.05, 0) is 36.2 Å². The fourth-order valence-electron chi connectivity index (χ4n) is 2.21. The Hall–Kier alpha value is -2.04. The molecule has 0 fully saturated rings. The third-order valence-corrected chi connectivity index (χ3v) is 4.44. The second-order valence-corrected chi connectivity index (χ2v) is 6.15. The van der Waals surface area contributed by atoms with Gasteiger partial charge in [0.15, 0.2) is 0 Å². The molecule has 0 radical (unpaired) electrons. The zero-order valence-electron chi connectivity index (χ0n) is 12.1. The summed E-state index contributed by atoms with van der Waals surface area (Å²) < 4.78 is 12.8. The molecule has 3 aromatic rings. The van der Waals surface area contributed by atoms with Crippen molar-refractivity contribution in [1.82, 2.24) is 10.3 Å². The van der Waals surface area contributed by atoms with E-state index in [0.29, 0.717) is 0 Å². The fraction of sp³-hybridized carbons (Fsp3) is 0.167. The number of hydrogen-bond acceptors (Lipinski definition) is 3. The Morgan fingerprint density at radius 1 is 1.00 bits per heavy atom. The highest BCUT2D eigenvalue weighted by atomic mass is 32.1. The van der Waals surface area contributed by atoms with Crippen LogP contribution in [0.4, 0.5) is 4.39 Å². The van der Waals surface area contributed by atoms with Gasteiger partial charge in [-0.15, -0.1) is 11.3 Å². The van der Waals surface area contributed by atoms with Crippen LogP contribution in [0, 0.1) is 5.82 Å². The average Bonchev–Trinajstić information content (AvgIpc) is 3.03. The van der Waals surface area contributed by atoms with Crippen molar-refractivity contribution in [2.24, 2.45) is 0 Å². The molecule has 1 aromatic heterocycles. The van der Waals surface area contributed by atoms with Gasteiger partial charge in [-0.25, -0.2) is 9.37 Å². The van der Waals surface area contributed by atoms with Gasteiger partial charge in [0, 0.05) is 12.7 Å². The molecule has 0 amide bonds. The van der Waals surface area contributed by atoms with E-state index in [-0.39, 0.29) is 5.82 Å². The summed E-state index contributed by atoms with van der Waals surface area (Å²) in [6.07, 6.45) is 2.81. The van der Waals surface area contributed by atoms with Gasteiger partial charge < -0.3 is 5.32 Å². The van der Waals surface area contributed by atoms with Crippen LogP contribution in [0.1, 0.15) is 10.6 Å². The number of nitrogens with one attached hydrogen (secondary N) is 1. The predicted molar refractivity (Wildman–Crippen MR) is 89.4 cm³/mol. The zero-order valence-corrected chi connectivity index (χ0v) is 12.9. The quantitative estimate of drug-likeness (QED) is 0.687. The normalized spacial score (nSPS) is 10.8. The first-order valence-corrected chi connectivity index (χ1v) is 8.08. The predicted octanol–water partition coefficient (Wildman–Crippen LogP) is 4.28. The lowest BCUT2D eigenvalue weighted by molar-refractivity contribution is 0.626. The largest absolute Gasteiger partial charge is 0.310 e. The Morgan fingerprint density at radius 2 is 1.77 bits per heavy atom. The van der Waals surface area contributed by atoms with Crippen molar-refractivity contribution in [3.8, 4) is 10.4 Å². The first kappa shape index (κ1) is 14.9. The summed E-state index contributed by atoms with van der Waals surface area (Å²) in [7, 11) is 0. The molecule has 22 heavy (non-hydrogen) atoms. The minimum Gasteiger partial charge on any atom is -0.310 e. The molecule has 0 aliphatic heterocycles. The van der Waals surface area contributed by atoms with E-state index in [1.165, 1.54) is 22.6 Å². The number of benzene rings is 2. The monoisotopic (exact) mass is 312 g/mol. The summed E-state index contributed by atoms with van der Waals surface area (Å²) in [6.45, 7) is 1.62. The van der Waals surface area contributed by atoms with Crippen LogP contribution in [-0.4, -0.2) is 11.5 Å². The van der Waals surface area contributed by atoms with E-state index in [9.17, 15) is 4.39 Å². The third kappa shape index (κ3) is 4.00. The second-order valence-electron chi connectivity index (χ2n) is 5.04. The molecule has 0 bridgehead atoms. The number of rotatable bonds is 6. The molecule has 0 saturated carbocycles. The Morgan fingerprint density at radius 3 is 2.55 bits per heavy atom. The SMILES string of the molecule is Fc1ccc(CCNCc2ncc(-c3ccccc3)s2)cc1. The molecule has 1 heterocycles. The number of hydrogen-bond donors (Lipinski definition) is 1. The van der Waals surface area contributed by atoms with Crippen LogP contribution in [0.2, 0.25) is 0 Å². The van der Waals surface area contributed by atoms with Crippen molar-refractivity contribution in [3.05, 3.63) is 77.2 Å². The van der Waals surface area contributed by atoms with Gasteiger partial charge in [0.2, 0.25) is 0 Å². The lowest BCUT2D eigenvalue weighted by atomic mass is 10.1. The molecule has 0 saturated heterocycles. The van der Waals surface area contributed by atoms with Crippen LogP contribution in [0.25, 0.3) is 10.4 Å². The van der Waals surface area contributed by atoms with Crippen molar-refractivity contribution in [1.29, 1.82) is 0 Å². The van der Waals surface area contributed by atoms with Gasteiger partial charge in [-0.2, -0.15) is 0 Å². The maximum atomic E-state index is 12.8. The molecule has 112 valence electrons. The smallest absolute Gasteiger partial charge is 0.123 e. The standard InChI is InChI=1S/C18H17FN2S/c19-16-8-6-14(7-9-16)10-11-20-13-18-21-12-17(22-18)15-4-2-1-3-5-15/h1-9,12,20H,10-11,13H2. The molecule has 0 aliphatic carbocycles.